The molecule has 1 fully saturated rings. The molecule has 1 saturated heterocycles. The van der Waals surface area contributed by atoms with E-state index in [1.54, 1.807) is 0 Å². The van der Waals surface area contributed by atoms with Crippen molar-refractivity contribution in [2.75, 3.05) is 40.3 Å². The Morgan fingerprint density at radius 3 is 2.10 bits per heavy atom. The second kappa shape index (κ2) is 9.08. The minimum atomic E-state index is -2.18. The predicted octanol–water partition coefficient (Wildman–Crippen LogP) is 5.25. The smallest absolute Gasteiger partial charge is 0.266 e. The quantitative estimate of drug-likeness (QED) is 0.549. The van der Waals surface area contributed by atoms with Crippen molar-refractivity contribution in [3.05, 3.63) is 83.4 Å². The van der Waals surface area contributed by atoms with Gasteiger partial charge < -0.3 is 9.80 Å². The van der Waals surface area contributed by atoms with Gasteiger partial charge in [-0.2, -0.15) is 0 Å². The maximum Gasteiger partial charge on any atom is 0.266 e. The molecule has 1 unspecified atom stereocenters. The van der Waals surface area contributed by atoms with Crippen LogP contribution < -0.4 is 14.1 Å². The summed E-state index contributed by atoms with van der Waals surface area (Å²) in [6.07, 6.45) is 0. The summed E-state index contributed by atoms with van der Waals surface area (Å²) in [4.78, 5) is 4.60. The van der Waals surface area contributed by atoms with E-state index in [4.69, 9.17) is 11.6 Å². The molecule has 0 bridgehead atoms. The molecule has 1 aliphatic heterocycles. The molecule has 0 amide bonds. The molecule has 1 atom stereocenters. The van der Waals surface area contributed by atoms with Gasteiger partial charge in [0, 0.05) is 36.9 Å². The third-order valence-corrected chi connectivity index (χ3v) is 6.31. The second-order valence-electron chi connectivity index (χ2n) is 7.30. The lowest BCUT2D eigenvalue weighted by molar-refractivity contribution is 0.564. The van der Waals surface area contributed by atoms with Gasteiger partial charge in [0.15, 0.2) is 0 Å². The summed E-state index contributed by atoms with van der Waals surface area (Å²) in [7, 11) is 0. The maximum atomic E-state index is 12.3. The van der Waals surface area contributed by atoms with Gasteiger partial charge in [-0.05, 0) is 55.5 Å². The second-order valence-corrected chi connectivity index (χ2v) is 8.56. The molecule has 1 N–H and O–H groups in total. The van der Waals surface area contributed by atoms with Crippen LogP contribution in [-0.4, -0.2) is 34.9 Å². The molecular weight excluding hydrogens is 418 g/mol. The van der Waals surface area contributed by atoms with E-state index in [9.17, 15) is 8.76 Å². The van der Waals surface area contributed by atoms with Gasteiger partial charge in [-0.25, -0.2) is 8.51 Å². The summed E-state index contributed by atoms with van der Waals surface area (Å²) in [5.74, 6) is 0. The summed E-state index contributed by atoms with van der Waals surface area (Å²) < 4.78 is 23.8. The Hall–Kier alpha value is -2.54. The molecular formula is C23H24ClN3O2S. The van der Waals surface area contributed by atoms with Crippen molar-refractivity contribution in [3.8, 4) is 0 Å². The first-order valence-corrected chi connectivity index (χ1v) is 11.3. The standard InChI is InChI=1S/C23H24ClN3O2S/c1-18-6-10-21(11-7-18)27(30(28)29)23-5-3-2-4-22(23)26-16-14-25(15-17-26)20-12-8-19(24)9-13-20/h2-13H,14-17H2,1H3,(H,28,29). The summed E-state index contributed by atoms with van der Waals surface area (Å²) in [5.41, 5.74) is 4.63. The molecule has 5 nitrogen and oxygen atoms in total. The van der Waals surface area contributed by atoms with Gasteiger partial charge in [-0.3, -0.25) is 4.55 Å². The van der Waals surface area contributed by atoms with Crippen LogP contribution in [0.25, 0.3) is 0 Å². The molecule has 156 valence electrons. The van der Waals surface area contributed by atoms with Gasteiger partial charge >= 0.3 is 0 Å². The van der Waals surface area contributed by atoms with Crippen LogP contribution in [0.15, 0.2) is 72.8 Å². The summed E-state index contributed by atoms with van der Waals surface area (Å²) in [6, 6.07) is 23.3. The summed E-state index contributed by atoms with van der Waals surface area (Å²) in [5, 5.41) is 0.736. The minimum absolute atomic E-state index is 0.689. The number of hydrogen-bond donors (Lipinski definition) is 1. The zero-order chi connectivity index (χ0) is 21.1. The van der Waals surface area contributed by atoms with E-state index >= 15 is 0 Å². The molecule has 1 aliphatic rings. The number of nitrogens with zero attached hydrogens (tertiary/aromatic N) is 3. The minimum Gasteiger partial charge on any atom is -0.368 e. The van der Waals surface area contributed by atoms with Crippen LogP contribution in [0, 0.1) is 6.92 Å². The first kappa shape index (κ1) is 20.7. The van der Waals surface area contributed by atoms with Crippen LogP contribution in [-0.2, 0) is 11.3 Å². The van der Waals surface area contributed by atoms with Crippen LogP contribution in [0.2, 0.25) is 5.02 Å². The predicted molar refractivity (Wildman–Crippen MR) is 126 cm³/mol. The molecule has 0 saturated carbocycles. The Labute approximate surface area is 184 Å². The highest BCUT2D eigenvalue weighted by Crippen LogP contribution is 2.36. The summed E-state index contributed by atoms with van der Waals surface area (Å²) in [6.45, 7) is 5.36. The number of piperazine rings is 1. The first-order valence-electron chi connectivity index (χ1n) is 9.85. The molecule has 0 aliphatic carbocycles. The normalized spacial score (nSPS) is 15.2. The van der Waals surface area contributed by atoms with E-state index in [2.05, 4.69) is 9.80 Å². The highest BCUT2D eigenvalue weighted by atomic mass is 35.5. The molecule has 4 rings (SSSR count). The number of hydrogen-bond acceptors (Lipinski definition) is 3. The van der Waals surface area contributed by atoms with Crippen molar-refractivity contribution in [3.63, 3.8) is 0 Å². The van der Waals surface area contributed by atoms with Crippen molar-refractivity contribution in [2.45, 2.75) is 6.92 Å². The fraction of sp³-hybridized carbons (Fsp3) is 0.217. The molecule has 3 aromatic carbocycles. The van der Waals surface area contributed by atoms with Gasteiger partial charge in [-0.1, -0.05) is 41.4 Å². The molecule has 0 radical (unpaired) electrons. The molecule has 0 spiro atoms. The van der Waals surface area contributed by atoms with Crippen molar-refractivity contribution in [1.29, 1.82) is 0 Å². The van der Waals surface area contributed by atoms with Crippen molar-refractivity contribution < 1.29 is 8.76 Å². The Bertz CT molecular complexity index is 1020. The fourth-order valence-electron chi connectivity index (χ4n) is 3.75. The average molecular weight is 442 g/mol. The largest absolute Gasteiger partial charge is 0.368 e. The fourth-order valence-corrected chi connectivity index (χ4v) is 4.51. The topological polar surface area (TPSA) is 47.0 Å². The molecule has 3 aromatic rings. The van der Waals surface area contributed by atoms with Crippen LogP contribution in [0.5, 0.6) is 0 Å². The lowest BCUT2D eigenvalue weighted by atomic mass is 10.1. The number of anilines is 4. The van der Waals surface area contributed by atoms with Crippen molar-refractivity contribution in [1.82, 2.24) is 0 Å². The molecule has 1 heterocycles. The third-order valence-electron chi connectivity index (χ3n) is 5.34. The maximum absolute atomic E-state index is 12.3. The van der Waals surface area contributed by atoms with Crippen molar-refractivity contribution >= 4 is 45.6 Å². The Morgan fingerprint density at radius 2 is 1.47 bits per heavy atom. The highest BCUT2D eigenvalue weighted by molar-refractivity contribution is 7.81. The van der Waals surface area contributed by atoms with E-state index in [-0.39, 0.29) is 0 Å². The lowest BCUT2D eigenvalue weighted by Crippen LogP contribution is -2.47. The van der Waals surface area contributed by atoms with E-state index in [0.29, 0.717) is 5.69 Å². The Morgan fingerprint density at radius 1 is 0.867 bits per heavy atom. The number of halogens is 1. The van der Waals surface area contributed by atoms with E-state index in [0.717, 1.165) is 53.8 Å². The molecule has 0 aromatic heterocycles. The number of para-hydroxylation sites is 2. The van der Waals surface area contributed by atoms with E-state index in [1.807, 2.05) is 79.7 Å². The Kier molecular flexibility index (Phi) is 6.27. The van der Waals surface area contributed by atoms with E-state index < -0.39 is 11.3 Å². The van der Waals surface area contributed by atoms with E-state index in [1.165, 1.54) is 4.31 Å². The SMILES string of the molecule is Cc1ccc(N(c2ccccc2N2CCN(c3ccc(Cl)cc3)CC2)S(=O)O)cc1. The molecule has 7 heteroatoms. The van der Waals surface area contributed by atoms with Gasteiger partial charge in [0.2, 0.25) is 0 Å². The van der Waals surface area contributed by atoms with Gasteiger partial charge in [0.25, 0.3) is 11.3 Å². The lowest BCUT2D eigenvalue weighted by Gasteiger charge is -2.39. The van der Waals surface area contributed by atoms with Gasteiger partial charge in [0.05, 0.1) is 17.1 Å². The van der Waals surface area contributed by atoms with Crippen LogP contribution in [0.1, 0.15) is 5.56 Å². The number of benzene rings is 3. The van der Waals surface area contributed by atoms with Crippen molar-refractivity contribution in [2.24, 2.45) is 0 Å². The van der Waals surface area contributed by atoms with Gasteiger partial charge in [0.1, 0.15) is 0 Å². The van der Waals surface area contributed by atoms with Gasteiger partial charge in [-0.15, -0.1) is 0 Å². The zero-order valence-corrected chi connectivity index (χ0v) is 18.3. The highest BCUT2D eigenvalue weighted by Gasteiger charge is 2.24. The molecule has 30 heavy (non-hydrogen) atoms. The zero-order valence-electron chi connectivity index (χ0n) is 16.7. The summed E-state index contributed by atoms with van der Waals surface area (Å²) >= 11 is 3.83. The number of aryl methyl sites for hydroxylation is 1. The third kappa shape index (κ3) is 4.46. The average Bonchev–Trinajstić information content (AvgIpc) is 2.76. The van der Waals surface area contributed by atoms with Crippen LogP contribution in [0.3, 0.4) is 0 Å². The van der Waals surface area contributed by atoms with Crippen LogP contribution in [0.4, 0.5) is 22.7 Å². The first-order chi connectivity index (χ1) is 14.5. The van der Waals surface area contributed by atoms with Crippen LogP contribution >= 0.6 is 11.6 Å². The monoisotopic (exact) mass is 441 g/mol. The Balaban J connectivity index is 1.58. The number of rotatable bonds is 5.